The van der Waals surface area contributed by atoms with Crippen LogP contribution in [0.5, 0.6) is 0 Å². The fraction of sp³-hybridized carbons (Fsp3) is 0.800. The zero-order valence-corrected chi connectivity index (χ0v) is 9.72. The van der Waals surface area contributed by atoms with Crippen molar-refractivity contribution in [1.29, 1.82) is 0 Å². The summed E-state index contributed by atoms with van der Waals surface area (Å²) in [5, 5.41) is 8.22. The second-order valence-corrected chi connectivity index (χ2v) is 3.47. The SMILES string of the molecule is CNCCCCC(NC(C)=O)C(=O)NC. The average Bonchev–Trinajstić information content (AvgIpc) is 2.21. The number of hydrogen-bond acceptors (Lipinski definition) is 3. The number of carbonyl (C=O) groups is 2. The molecule has 0 spiro atoms. The topological polar surface area (TPSA) is 70.2 Å². The van der Waals surface area contributed by atoms with Crippen LogP contribution in [0.25, 0.3) is 0 Å². The molecule has 1 unspecified atom stereocenters. The summed E-state index contributed by atoms with van der Waals surface area (Å²) in [5.74, 6) is -0.299. The highest BCUT2D eigenvalue weighted by Gasteiger charge is 2.16. The van der Waals surface area contributed by atoms with E-state index in [0.717, 1.165) is 19.4 Å². The van der Waals surface area contributed by atoms with E-state index in [2.05, 4.69) is 16.0 Å². The average molecular weight is 215 g/mol. The van der Waals surface area contributed by atoms with E-state index in [1.54, 1.807) is 7.05 Å². The van der Waals surface area contributed by atoms with Crippen LogP contribution >= 0.6 is 0 Å². The molecule has 0 aromatic rings. The molecule has 15 heavy (non-hydrogen) atoms. The Hall–Kier alpha value is -1.10. The molecule has 0 aromatic carbocycles. The van der Waals surface area contributed by atoms with E-state index >= 15 is 0 Å². The number of rotatable bonds is 7. The quantitative estimate of drug-likeness (QED) is 0.507. The van der Waals surface area contributed by atoms with Gasteiger partial charge in [-0.2, -0.15) is 0 Å². The highest BCUT2D eigenvalue weighted by atomic mass is 16.2. The lowest BCUT2D eigenvalue weighted by Gasteiger charge is -2.15. The number of amides is 2. The summed E-state index contributed by atoms with van der Waals surface area (Å²) in [6.45, 7) is 2.35. The summed E-state index contributed by atoms with van der Waals surface area (Å²) in [7, 11) is 3.47. The van der Waals surface area contributed by atoms with Gasteiger partial charge in [-0.3, -0.25) is 9.59 Å². The van der Waals surface area contributed by atoms with E-state index in [1.807, 2.05) is 7.05 Å². The third kappa shape index (κ3) is 6.90. The first-order valence-electron chi connectivity index (χ1n) is 5.25. The third-order valence-corrected chi connectivity index (χ3v) is 2.11. The number of carbonyl (C=O) groups excluding carboxylic acids is 2. The van der Waals surface area contributed by atoms with Crippen molar-refractivity contribution in [3.8, 4) is 0 Å². The summed E-state index contributed by atoms with van der Waals surface area (Å²) in [5.41, 5.74) is 0. The summed E-state index contributed by atoms with van der Waals surface area (Å²) in [6.07, 6.45) is 2.60. The molecule has 0 aliphatic rings. The van der Waals surface area contributed by atoms with E-state index in [4.69, 9.17) is 0 Å². The highest BCUT2D eigenvalue weighted by Crippen LogP contribution is 2.00. The van der Waals surface area contributed by atoms with Gasteiger partial charge < -0.3 is 16.0 Å². The lowest BCUT2D eigenvalue weighted by atomic mass is 10.1. The molecule has 5 heteroatoms. The second-order valence-electron chi connectivity index (χ2n) is 3.47. The third-order valence-electron chi connectivity index (χ3n) is 2.11. The van der Waals surface area contributed by atoms with E-state index in [1.165, 1.54) is 6.92 Å². The Morgan fingerprint density at radius 1 is 1.20 bits per heavy atom. The van der Waals surface area contributed by atoms with Crippen LogP contribution in [0.1, 0.15) is 26.2 Å². The van der Waals surface area contributed by atoms with Gasteiger partial charge in [0.05, 0.1) is 0 Å². The maximum atomic E-state index is 11.4. The van der Waals surface area contributed by atoms with Gasteiger partial charge in [-0.25, -0.2) is 0 Å². The molecule has 2 amide bonds. The Morgan fingerprint density at radius 3 is 2.33 bits per heavy atom. The Labute approximate surface area is 91.0 Å². The molecule has 3 N–H and O–H groups in total. The van der Waals surface area contributed by atoms with E-state index in [-0.39, 0.29) is 11.8 Å². The van der Waals surface area contributed by atoms with Crippen LogP contribution < -0.4 is 16.0 Å². The normalized spacial score (nSPS) is 11.9. The van der Waals surface area contributed by atoms with Crippen LogP contribution in [-0.2, 0) is 9.59 Å². The van der Waals surface area contributed by atoms with Crippen LogP contribution in [0.4, 0.5) is 0 Å². The molecule has 0 saturated heterocycles. The smallest absolute Gasteiger partial charge is 0.242 e. The fourth-order valence-electron chi connectivity index (χ4n) is 1.34. The van der Waals surface area contributed by atoms with Crippen molar-refractivity contribution < 1.29 is 9.59 Å². The van der Waals surface area contributed by atoms with Crippen molar-refractivity contribution in [2.24, 2.45) is 0 Å². The zero-order chi connectivity index (χ0) is 11.7. The van der Waals surface area contributed by atoms with Gasteiger partial charge in [0.15, 0.2) is 0 Å². The molecule has 88 valence electrons. The molecular formula is C10H21N3O2. The zero-order valence-electron chi connectivity index (χ0n) is 9.72. The molecule has 0 heterocycles. The first-order valence-corrected chi connectivity index (χ1v) is 5.25. The van der Waals surface area contributed by atoms with Gasteiger partial charge in [0.2, 0.25) is 11.8 Å². The lowest BCUT2D eigenvalue weighted by molar-refractivity contribution is -0.127. The van der Waals surface area contributed by atoms with Gasteiger partial charge in [-0.05, 0) is 32.9 Å². The Kier molecular flexibility index (Phi) is 7.62. The van der Waals surface area contributed by atoms with Gasteiger partial charge in [0.1, 0.15) is 6.04 Å². The second kappa shape index (κ2) is 8.23. The predicted molar refractivity (Wildman–Crippen MR) is 59.4 cm³/mol. The first-order chi connectivity index (χ1) is 7.11. The maximum Gasteiger partial charge on any atom is 0.242 e. The highest BCUT2D eigenvalue weighted by molar-refractivity contribution is 5.86. The number of unbranched alkanes of at least 4 members (excludes halogenated alkanes) is 1. The monoisotopic (exact) mass is 215 g/mol. The molecule has 0 aliphatic heterocycles. The van der Waals surface area contributed by atoms with Crippen LogP contribution in [0.15, 0.2) is 0 Å². The standard InChI is InChI=1S/C10H21N3O2/c1-8(14)13-9(10(15)12-3)6-4-5-7-11-2/h9,11H,4-7H2,1-3H3,(H,12,15)(H,13,14). The Morgan fingerprint density at radius 2 is 1.87 bits per heavy atom. The largest absolute Gasteiger partial charge is 0.357 e. The van der Waals surface area contributed by atoms with Gasteiger partial charge >= 0.3 is 0 Å². The molecule has 0 bridgehead atoms. The van der Waals surface area contributed by atoms with Crippen molar-refractivity contribution in [3.63, 3.8) is 0 Å². The molecule has 0 radical (unpaired) electrons. The molecule has 5 nitrogen and oxygen atoms in total. The molecule has 1 atom stereocenters. The van der Waals surface area contributed by atoms with Gasteiger partial charge in [0, 0.05) is 14.0 Å². The molecule has 0 rings (SSSR count). The van der Waals surface area contributed by atoms with Crippen molar-refractivity contribution in [2.75, 3.05) is 20.6 Å². The van der Waals surface area contributed by atoms with Crippen LogP contribution in [0.3, 0.4) is 0 Å². The number of likely N-dealkylation sites (N-methyl/N-ethyl adjacent to an activating group) is 1. The minimum atomic E-state index is -0.399. The molecule has 0 fully saturated rings. The molecule has 0 aromatic heterocycles. The van der Waals surface area contributed by atoms with Gasteiger partial charge in [0.25, 0.3) is 0 Å². The molecule has 0 saturated carbocycles. The van der Waals surface area contributed by atoms with Crippen LogP contribution in [-0.4, -0.2) is 38.5 Å². The van der Waals surface area contributed by atoms with E-state index in [9.17, 15) is 9.59 Å². The Balaban J connectivity index is 3.90. The van der Waals surface area contributed by atoms with Crippen molar-refractivity contribution in [1.82, 2.24) is 16.0 Å². The fourth-order valence-corrected chi connectivity index (χ4v) is 1.34. The van der Waals surface area contributed by atoms with E-state index in [0.29, 0.717) is 6.42 Å². The summed E-state index contributed by atoms with van der Waals surface area (Å²) in [6, 6.07) is -0.399. The minimum absolute atomic E-state index is 0.130. The number of hydrogen-bond donors (Lipinski definition) is 3. The number of nitrogens with one attached hydrogen (secondary N) is 3. The van der Waals surface area contributed by atoms with Gasteiger partial charge in [-0.1, -0.05) is 0 Å². The first kappa shape index (κ1) is 13.9. The van der Waals surface area contributed by atoms with Crippen molar-refractivity contribution in [2.45, 2.75) is 32.2 Å². The maximum absolute atomic E-state index is 11.4. The Bertz CT molecular complexity index is 207. The van der Waals surface area contributed by atoms with E-state index < -0.39 is 6.04 Å². The molecule has 0 aliphatic carbocycles. The summed E-state index contributed by atoms with van der Waals surface area (Å²) >= 11 is 0. The van der Waals surface area contributed by atoms with Crippen LogP contribution in [0, 0.1) is 0 Å². The summed E-state index contributed by atoms with van der Waals surface area (Å²) in [4.78, 5) is 22.2. The lowest BCUT2D eigenvalue weighted by Crippen LogP contribution is -2.44. The molecular weight excluding hydrogens is 194 g/mol. The van der Waals surface area contributed by atoms with Crippen LogP contribution in [0.2, 0.25) is 0 Å². The van der Waals surface area contributed by atoms with Gasteiger partial charge in [-0.15, -0.1) is 0 Å². The predicted octanol–water partition coefficient (Wildman–Crippen LogP) is -0.373. The minimum Gasteiger partial charge on any atom is -0.357 e. The van der Waals surface area contributed by atoms with Crippen molar-refractivity contribution in [3.05, 3.63) is 0 Å². The summed E-state index contributed by atoms with van der Waals surface area (Å²) < 4.78 is 0. The van der Waals surface area contributed by atoms with Crippen molar-refractivity contribution >= 4 is 11.8 Å².